The van der Waals surface area contributed by atoms with E-state index in [2.05, 4.69) is 13.0 Å². The Balaban J connectivity index is -0.0000000655. The van der Waals surface area contributed by atoms with E-state index in [4.69, 9.17) is 42.1 Å². The number of hydrogen-bond donors (Lipinski definition) is 3. The largest absolute Gasteiger partial charge is 3.00 e. The average Bonchev–Trinajstić information content (AvgIpc) is 2.19. The summed E-state index contributed by atoms with van der Waals surface area (Å²) in [5.74, 6) is 0. The van der Waals surface area contributed by atoms with Gasteiger partial charge in [0, 0.05) is 0 Å². The van der Waals surface area contributed by atoms with E-state index in [9.17, 15) is 0 Å². The van der Waals surface area contributed by atoms with E-state index < -0.39 is 34.1 Å². The minimum Gasteiger partial charge on any atom is -0.748 e. The third-order valence-corrected chi connectivity index (χ3v) is 0.548. The summed E-state index contributed by atoms with van der Waals surface area (Å²) in [5, 5.41) is 21.1. The van der Waals surface area contributed by atoms with Gasteiger partial charge in [0.25, 0.3) is 0 Å². The molecule has 0 aliphatic heterocycles. The van der Waals surface area contributed by atoms with E-state index in [0.717, 1.165) is 0 Å². The summed E-state index contributed by atoms with van der Waals surface area (Å²) in [4.78, 5) is 0. The van der Waals surface area contributed by atoms with Crippen LogP contribution in [-0.4, -0.2) is 59.4 Å². The van der Waals surface area contributed by atoms with Gasteiger partial charge >= 0.3 is 17.4 Å². The molecule has 12 nitrogen and oxygen atoms in total. The molecule has 0 aromatic carbocycles. The maximum atomic E-state index is 8.90. The normalized spacial score (nSPS) is 13.9. The Kier molecular flexibility index (Phi) is 33.4. The van der Waals surface area contributed by atoms with Crippen molar-refractivity contribution in [3.63, 3.8) is 0 Å². The molecule has 3 N–H and O–H groups in total. The fourth-order valence-corrected chi connectivity index (χ4v) is 0. The Morgan fingerprint density at radius 3 is 0.750 bits per heavy atom. The second-order valence-electron chi connectivity index (χ2n) is 0.836. The molecule has 0 bridgehead atoms. The first-order chi connectivity index (χ1) is 6.81. The van der Waals surface area contributed by atoms with E-state index in [0.29, 0.717) is 0 Å². The van der Waals surface area contributed by atoms with Gasteiger partial charge in [0.05, 0.1) is 0 Å². The molecule has 0 amide bonds. The van der Waals surface area contributed by atoms with Crippen LogP contribution in [0.1, 0.15) is 0 Å². The molecule has 0 radical (unpaired) electrons. The number of rotatable bonds is 3. The van der Waals surface area contributed by atoms with Crippen LogP contribution in [0.5, 0.6) is 0 Å². The molecule has 0 rings (SSSR count). The molecule has 16 heavy (non-hydrogen) atoms. The second-order valence-corrected chi connectivity index (χ2v) is 2.51. The Hall–Kier alpha value is 0.622. The first-order valence-electron chi connectivity index (χ1n) is 2.05. The van der Waals surface area contributed by atoms with Crippen molar-refractivity contribution in [3.05, 3.63) is 0 Å². The topological polar surface area (TPSA) is 209 Å². The molecule has 3 atom stereocenters. The average molecular weight is 318 g/mol. The summed E-state index contributed by atoms with van der Waals surface area (Å²) < 4.78 is 61.4. The summed E-state index contributed by atoms with van der Waals surface area (Å²) >= 11 is -8.30. The minimum absolute atomic E-state index is 0. The van der Waals surface area contributed by atoms with Gasteiger partial charge in [0.1, 0.15) is 34.1 Å². The second kappa shape index (κ2) is 21.0. The minimum atomic E-state index is -2.77. The Morgan fingerprint density at radius 2 is 0.750 bits per heavy atom. The van der Waals surface area contributed by atoms with Gasteiger partial charge in [-0.3, -0.25) is 0 Å². The van der Waals surface area contributed by atoms with E-state index in [1.54, 1.807) is 0 Å². The van der Waals surface area contributed by atoms with Crippen molar-refractivity contribution < 1.29 is 55.1 Å². The molecule has 0 aromatic rings. The monoisotopic (exact) mass is 318 g/mol. The smallest absolute Gasteiger partial charge is 0.748 e. The van der Waals surface area contributed by atoms with Gasteiger partial charge in [-0.25, -0.2) is 28.4 Å². The van der Waals surface area contributed by atoms with Crippen molar-refractivity contribution >= 4 is 51.4 Å². The zero-order valence-electron chi connectivity index (χ0n) is 6.82. The van der Waals surface area contributed by atoms with Crippen LogP contribution in [0.3, 0.4) is 0 Å². The van der Waals surface area contributed by atoms with Crippen molar-refractivity contribution in [2.75, 3.05) is 0 Å². The van der Waals surface area contributed by atoms with Gasteiger partial charge < -0.3 is 13.7 Å². The summed E-state index contributed by atoms with van der Waals surface area (Å²) in [7, 11) is 0. The molecule has 96 valence electrons. The molecule has 0 aliphatic carbocycles. The molecule has 0 heterocycles. The zero-order valence-corrected chi connectivity index (χ0v) is 10.4. The molecule has 0 saturated carbocycles. The van der Waals surface area contributed by atoms with Crippen molar-refractivity contribution in [1.82, 2.24) is 0 Å². The fourth-order valence-electron chi connectivity index (χ4n) is 0. The zero-order chi connectivity index (χ0) is 12.9. The van der Waals surface area contributed by atoms with Gasteiger partial charge in [-0.15, -0.1) is 13.0 Å². The van der Waals surface area contributed by atoms with Gasteiger partial charge in [-0.2, -0.15) is 0 Å². The third-order valence-electron chi connectivity index (χ3n) is 0.183. The molecule has 0 aromatic heterocycles. The molecule has 16 heteroatoms. The van der Waals surface area contributed by atoms with Gasteiger partial charge in [0.15, 0.2) is 0 Å². The fraction of sp³-hybridized carbons (Fsp3) is 0. The molecule has 0 spiro atoms. The van der Waals surface area contributed by atoms with Gasteiger partial charge in [-0.05, 0) is 0 Å². The first kappa shape index (κ1) is 25.5. The van der Waals surface area contributed by atoms with Crippen LogP contribution in [0.15, 0.2) is 0 Å². The van der Waals surface area contributed by atoms with Gasteiger partial charge in [-0.1, -0.05) is 0 Å². The molecular formula is H3AlO12S3. The standard InChI is InChI=1S/Al.3H2O4S/c;3*1-4-5(2)3/h;3*1H,(H,2,3)/q+3;;;/p-3. The molecular weight excluding hydrogens is 315 g/mol. The summed E-state index contributed by atoms with van der Waals surface area (Å²) in [6.45, 7) is 0. The SMILES string of the molecule is O=S([O-])OO.O=S([O-])OO.O=S([O-])OO.[Al+3]. The van der Waals surface area contributed by atoms with Crippen molar-refractivity contribution in [2.45, 2.75) is 0 Å². The molecule has 3 unspecified atom stereocenters. The Bertz CT molecular complexity index is 155. The maximum Gasteiger partial charge on any atom is 3.00 e. The Labute approximate surface area is 107 Å². The van der Waals surface area contributed by atoms with Crippen LogP contribution in [0.25, 0.3) is 0 Å². The summed E-state index contributed by atoms with van der Waals surface area (Å²) in [6.07, 6.45) is 0. The predicted molar refractivity (Wildman–Crippen MR) is 43.7 cm³/mol. The van der Waals surface area contributed by atoms with Crippen molar-refractivity contribution in [2.24, 2.45) is 0 Å². The summed E-state index contributed by atoms with van der Waals surface area (Å²) in [5.41, 5.74) is 0. The van der Waals surface area contributed by atoms with Crippen LogP contribution < -0.4 is 0 Å². The third kappa shape index (κ3) is 61.9. The van der Waals surface area contributed by atoms with E-state index in [1.807, 2.05) is 0 Å². The van der Waals surface area contributed by atoms with E-state index >= 15 is 0 Å². The molecule has 0 aliphatic rings. The van der Waals surface area contributed by atoms with Crippen LogP contribution in [-0.2, 0) is 47.1 Å². The molecule has 0 fully saturated rings. The van der Waals surface area contributed by atoms with Crippen LogP contribution in [0.2, 0.25) is 0 Å². The number of hydrogen-bond acceptors (Lipinski definition) is 12. The quantitative estimate of drug-likeness (QED) is 0.212. The van der Waals surface area contributed by atoms with E-state index in [1.165, 1.54) is 0 Å². The Morgan fingerprint density at radius 1 is 0.688 bits per heavy atom. The van der Waals surface area contributed by atoms with E-state index in [-0.39, 0.29) is 17.4 Å². The summed E-state index contributed by atoms with van der Waals surface area (Å²) in [6, 6.07) is 0. The van der Waals surface area contributed by atoms with Gasteiger partial charge in [0.2, 0.25) is 0 Å². The van der Waals surface area contributed by atoms with Crippen molar-refractivity contribution in [3.8, 4) is 0 Å². The first-order valence-corrected chi connectivity index (χ1v) is 5.05. The van der Waals surface area contributed by atoms with Crippen molar-refractivity contribution in [1.29, 1.82) is 0 Å². The predicted octanol–water partition coefficient (Wildman–Crippen LogP) is -2.57. The van der Waals surface area contributed by atoms with Crippen LogP contribution >= 0.6 is 0 Å². The van der Waals surface area contributed by atoms with Crippen LogP contribution in [0, 0.1) is 0 Å². The molecule has 0 saturated heterocycles. The maximum absolute atomic E-state index is 8.90. The van der Waals surface area contributed by atoms with Crippen LogP contribution in [0.4, 0.5) is 0 Å².